The van der Waals surface area contributed by atoms with Crippen molar-refractivity contribution >= 4 is 21.7 Å². The van der Waals surface area contributed by atoms with E-state index >= 15 is 0 Å². The molecule has 0 atom stereocenters. The number of rotatable bonds is 10. The van der Waals surface area contributed by atoms with Crippen molar-refractivity contribution in [1.29, 1.82) is 0 Å². The lowest BCUT2D eigenvalue weighted by molar-refractivity contribution is -0.148. The zero-order valence-corrected chi connectivity index (χ0v) is 17.6. The van der Waals surface area contributed by atoms with Crippen LogP contribution >= 0.6 is 0 Å². The van der Waals surface area contributed by atoms with Gasteiger partial charge in [0.25, 0.3) is 5.91 Å². The van der Waals surface area contributed by atoms with Crippen molar-refractivity contribution in [2.24, 2.45) is 0 Å². The molecule has 0 aliphatic heterocycles. The van der Waals surface area contributed by atoms with Crippen LogP contribution in [0.2, 0.25) is 0 Å². The van der Waals surface area contributed by atoms with Gasteiger partial charge in [0.2, 0.25) is 0 Å². The van der Waals surface area contributed by atoms with Gasteiger partial charge in [-0.15, -0.1) is 0 Å². The van der Waals surface area contributed by atoms with Gasteiger partial charge in [-0.2, -0.15) is 0 Å². The van der Waals surface area contributed by atoms with Crippen molar-refractivity contribution in [3.8, 4) is 0 Å². The van der Waals surface area contributed by atoms with E-state index in [4.69, 9.17) is 4.74 Å². The Hall–Kier alpha value is -2.67. The van der Waals surface area contributed by atoms with Crippen LogP contribution in [0.3, 0.4) is 0 Å². The first-order valence-electron chi connectivity index (χ1n) is 9.57. The normalized spacial score (nSPS) is 11.3. The first-order chi connectivity index (χ1) is 13.8. The Morgan fingerprint density at radius 1 is 1.00 bits per heavy atom. The Morgan fingerprint density at radius 2 is 1.66 bits per heavy atom. The molecule has 0 spiro atoms. The van der Waals surface area contributed by atoms with Crippen molar-refractivity contribution in [2.45, 2.75) is 37.5 Å². The van der Waals surface area contributed by atoms with Crippen molar-refractivity contribution in [2.75, 3.05) is 18.9 Å². The highest BCUT2D eigenvalue weighted by Gasteiger charge is 2.17. The lowest BCUT2D eigenvalue weighted by atomic mass is 10.0. The highest BCUT2D eigenvalue weighted by atomic mass is 32.2. The number of carbonyl (C=O) groups excluding carboxylic acids is 2. The van der Waals surface area contributed by atoms with Gasteiger partial charge in [-0.25, -0.2) is 8.42 Å². The van der Waals surface area contributed by atoms with Crippen molar-refractivity contribution in [1.82, 2.24) is 5.32 Å². The third-order valence-electron chi connectivity index (χ3n) is 4.42. The van der Waals surface area contributed by atoms with Gasteiger partial charge in [0.05, 0.1) is 17.1 Å². The SMILES string of the molecule is CC(C)c1ccc(CCNC(=O)COC(=O)CCS(=O)(=O)c2ccccc2)cc1. The molecule has 2 aromatic rings. The van der Waals surface area contributed by atoms with Crippen LogP contribution < -0.4 is 5.32 Å². The molecule has 0 aliphatic carbocycles. The zero-order valence-electron chi connectivity index (χ0n) is 16.8. The lowest BCUT2D eigenvalue weighted by Gasteiger charge is -2.09. The molecule has 156 valence electrons. The van der Waals surface area contributed by atoms with Gasteiger partial charge in [0.15, 0.2) is 16.4 Å². The van der Waals surface area contributed by atoms with Crippen molar-refractivity contribution in [3.05, 3.63) is 65.7 Å². The summed E-state index contributed by atoms with van der Waals surface area (Å²) in [5, 5.41) is 2.69. The van der Waals surface area contributed by atoms with E-state index in [0.717, 1.165) is 5.56 Å². The average molecular weight is 418 g/mol. The smallest absolute Gasteiger partial charge is 0.307 e. The average Bonchev–Trinajstić information content (AvgIpc) is 2.72. The molecule has 2 aromatic carbocycles. The quantitative estimate of drug-likeness (QED) is 0.601. The summed E-state index contributed by atoms with van der Waals surface area (Å²) in [6, 6.07) is 16.1. The van der Waals surface area contributed by atoms with Crippen LogP contribution in [0.15, 0.2) is 59.5 Å². The van der Waals surface area contributed by atoms with E-state index < -0.39 is 28.3 Å². The van der Waals surface area contributed by atoms with Gasteiger partial charge < -0.3 is 10.1 Å². The summed E-state index contributed by atoms with van der Waals surface area (Å²) in [5.41, 5.74) is 2.37. The zero-order chi connectivity index (χ0) is 21.3. The molecule has 0 unspecified atom stereocenters. The monoisotopic (exact) mass is 417 g/mol. The molecule has 1 amide bonds. The number of nitrogens with one attached hydrogen (secondary N) is 1. The van der Waals surface area contributed by atoms with E-state index in [-0.39, 0.29) is 17.1 Å². The second-order valence-electron chi connectivity index (χ2n) is 7.04. The lowest BCUT2D eigenvalue weighted by Crippen LogP contribution is -2.30. The van der Waals surface area contributed by atoms with Gasteiger partial charge in [-0.1, -0.05) is 56.3 Å². The fourth-order valence-electron chi connectivity index (χ4n) is 2.65. The fourth-order valence-corrected chi connectivity index (χ4v) is 3.89. The number of benzene rings is 2. The number of sulfone groups is 1. The molecular formula is C22H27NO5S. The Bertz CT molecular complexity index is 906. The van der Waals surface area contributed by atoms with E-state index in [1.54, 1.807) is 18.2 Å². The summed E-state index contributed by atoms with van der Waals surface area (Å²) in [6.45, 7) is 4.28. The second-order valence-corrected chi connectivity index (χ2v) is 9.15. The first-order valence-corrected chi connectivity index (χ1v) is 11.2. The molecule has 0 saturated heterocycles. The van der Waals surface area contributed by atoms with Crippen LogP contribution in [-0.2, 0) is 30.6 Å². The van der Waals surface area contributed by atoms with E-state index in [1.165, 1.54) is 17.7 Å². The molecule has 0 aromatic heterocycles. The third kappa shape index (κ3) is 7.69. The van der Waals surface area contributed by atoms with Crippen molar-refractivity contribution in [3.63, 3.8) is 0 Å². The Morgan fingerprint density at radius 3 is 2.28 bits per heavy atom. The number of ether oxygens (including phenoxy) is 1. The molecule has 2 rings (SSSR count). The maximum absolute atomic E-state index is 12.1. The van der Waals surface area contributed by atoms with Gasteiger partial charge in [0.1, 0.15) is 0 Å². The number of esters is 1. The summed E-state index contributed by atoms with van der Waals surface area (Å²) < 4.78 is 29.1. The van der Waals surface area contributed by atoms with Gasteiger partial charge in [-0.05, 0) is 35.6 Å². The molecule has 0 bridgehead atoms. The van der Waals surface area contributed by atoms with Gasteiger partial charge in [0, 0.05) is 6.54 Å². The van der Waals surface area contributed by atoms with Crippen LogP contribution in [0, 0.1) is 0 Å². The van der Waals surface area contributed by atoms with Crippen molar-refractivity contribution < 1.29 is 22.7 Å². The highest BCUT2D eigenvalue weighted by molar-refractivity contribution is 7.91. The summed E-state index contributed by atoms with van der Waals surface area (Å²) in [6.07, 6.45) is 0.375. The number of hydrogen-bond acceptors (Lipinski definition) is 5. The molecular weight excluding hydrogens is 390 g/mol. The molecule has 7 heteroatoms. The number of carbonyl (C=O) groups is 2. The molecule has 0 heterocycles. The van der Waals surface area contributed by atoms with E-state index in [0.29, 0.717) is 18.9 Å². The minimum absolute atomic E-state index is 0.159. The molecule has 0 fully saturated rings. The molecule has 6 nitrogen and oxygen atoms in total. The predicted molar refractivity (Wildman–Crippen MR) is 111 cm³/mol. The molecule has 0 aliphatic rings. The standard InChI is InChI=1S/C22H27NO5S/c1-17(2)19-10-8-18(9-11-19)12-14-23-21(24)16-28-22(25)13-15-29(26,27)20-6-4-3-5-7-20/h3-11,17H,12-16H2,1-2H3,(H,23,24). The van der Waals surface area contributed by atoms with E-state index in [1.807, 2.05) is 12.1 Å². The summed E-state index contributed by atoms with van der Waals surface area (Å²) in [5.74, 6) is -1.02. The molecule has 0 saturated carbocycles. The predicted octanol–water partition coefficient (Wildman–Crippen LogP) is 2.88. The Balaban J connectivity index is 1.66. The maximum atomic E-state index is 12.1. The van der Waals surface area contributed by atoms with Crippen LogP contribution in [0.25, 0.3) is 0 Å². The highest BCUT2D eigenvalue weighted by Crippen LogP contribution is 2.14. The van der Waals surface area contributed by atoms with E-state index in [9.17, 15) is 18.0 Å². The Kier molecular flexibility index (Phi) is 8.39. The third-order valence-corrected chi connectivity index (χ3v) is 6.16. The summed E-state index contributed by atoms with van der Waals surface area (Å²) >= 11 is 0. The minimum Gasteiger partial charge on any atom is -0.456 e. The molecule has 1 N–H and O–H groups in total. The topological polar surface area (TPSA) is 89.5 Å². The second kappa shape index (κ2) is 10.8. The van der Waals surface area contributed by atoms with Crippen LogP contribution in [-0.4, -0.2) is 39.2 Å². The van der Waals surface area contributed by atoms with Crippen LogP contribution in [0.4, 0.5) is 0 Å². The molecule has 29 heavy (non-hydrogen) atoms. The maximum Gasteiger partial charge on any atom is 0.307 e. The summed E-state index contributed by atoms with van der Waals surface area (Å²) in [4.78, 5) is 23.7. The Labute approximate surface area is 172 Å². The van der Waals surface area contributed by atoms with Gasteiger partial charge >= 0.3 is 5.97 Å². The van der Waals surface area contributed by atoms with Crippen LogP contribution in [0.1, 0.15) is 37.3 Å². The molecule has 0 radical (unpaired) electrons. The van der Waals surface area contributed by atoms with Gasteiger partial charge in [-0.3, -0.25) is 9.59 Å². The summed E-state index contributed by atoms with van der Waals surface area (Å²) in [7, 11) is -3.55. The van der Waals surface area contributed by atoms with E-state index in [2.05, 4.69) is 31.3 Å². The first kappa shape index (κ1) is 22.6. The largest absolute Gasteiger partial charge is 0.456 e. The fraction of sp³-hybridized carbons (Fsp3) is 0.364. The minimum atomic E-state index is -3.55. The van der Waals surface area contributed by atoms with Crippen LogP contribution in [0.5, 0.6) is 0 Å². The number of amides is 1. The number of hydrogen-bond donors (Lipinski definition) is 1.